The Morgan fingerprint density at radius 2 is 2.07 bits per heavy atom. The smallest absolute Gasteiger partial charge is 0.189 e. The Bertz CT molecular complexity index is 525. The normalized spacial score (nSPS) is 10.7. The van der Waals surface area contributed by atoms with Crippen molar-refractivity contribution in [1.82, 2.24) is 4.98 Å². The summed E-state index contributed by atoms with van der Waals surface area (Å²) in [6.07, 6.45) is 0.992. The topological polar surface area (TPSA) is 32.9 Å². The number of rotatable bonds is 1. The van der Waals surface area contributed by atoms with Crippen LogP contribution in [0.1, 0.15) is 18.2 Å². The fourth-order valence-corrected chi connectivity index (χ4v) is 1.65. The highest BCUT2D eigenvalue weighted by Crippen LogP contribution is 2.11. The molecule has 1 aromatic carbocycles. The monoisotopic (exact) mass is 187 g/mol. The number of aromatic amines is 1. The van der Waals surface area contributed by atoms with E-state index in [0.29, 0.717) is 0 Å². The van der Waals surface area contributed by atoms with E-state index in [9.17, 15) is 4.79 Å². The van der Waals surface area contributed by atoms with Crippen molar-refractivity contribution in [2.24, 2.45) is 0 Å². The van der Waals surface area contributed by atoms with E-state index < -0.39 is 0 Å². The van der Waals surface area contributed by atoms with Gasteiger partial charge < -0.3 is 4.98 Å². The van der Waals surface area contributed by atoms with Gasteiger partial charge in [-0.2, -0.15) is 0 Å². The van der Waals surface area contributed by atoms with Gasteiger partial charge in [-0.3, -0.25) is 4.79 Å². The van der Waals surface area contributed by atoms with Gasteiger partial charge in [0.05, 0.1) is 0 Å². The Hall–Kier alpha value is -1.57. The summed E-state index contributed by atoms with van der Waals surface area (Å²) in [4.78, 5) is 14.8. The van der Waals surface area contributed by atoms with Crippen molar-refractivity contribution in [3.05, 3.63) is 45.7 Å². The zero-order valence-corrected chi connectivity index (χ0v) is 8.42. The molecule has 1 heterocycles. The SMILES string of the molecule is CCc1ccc2c(=O)cc(C)[nH]c2c1. The van der Waals surface area contributed by atoms with Crippen molar-refractivity contribution < 1.29 is 0 Å². The van der Waals surface area contributed by atoms with Crippen LogP contribution < -0.4 is 5.43 Å². The van der Waals surface area contributed by atoms with Crippen molar-refractivity contribution >= 4 is 10.9 Å². The Kier molecular flexibility index (Phi) is 2.12. The first-order valence-corrected chi connectivity index (χ1v) is 4.83. The molecule has 2 aromatic rings. The van der Waals surface area contributed by atoms with Gasteiger partial charge in [0.2, 0.25) is 0 Å². The number of nitrogens with one attached hydrogen (secondary N) is 1. The fourth-order valence-electron chi connectivity index (χ4n) is 1.65. The molecule has 0 atom stereocenters. The minimum Gasteiger partial charge on any atom is -0.358 e. The summed E-state index contributed by atoms with van der Waals surface area (Å²) in [5.41, 5.74) is 3.20. The number of hydrogen-bond donors (Lipinski definition) is 1. The van der Waals surface area contributed by atoms with E-state index in [1.54, 1.807) is 6.07 Å². The molecule has 0 aliphatic rings. The predicted molar refractivity (Wildman–Crippen MR) is 58.7 cm³/mol. The first kappa shape index (κ1) is 9.00. The lowest BCUT2D eigenvalue weighted by Gasteiger charge is -2.02. The minimum atomic E-state index is 0.0962. The molecule has 0 saturated heterocycles. The number of aryl methyl sites for hydroxylation is 2. The van der Waals surface area contributed by atoms with Gasteiger partial charge >= 0.3 is 0 Å². The second-order valence-electron chi connectivity index (χ2n) is 3.55. The Morgan fingerprint density at radius 3 is 2.79 bits per heavy atom. The van der Waals surface area contributed by atoms with Crippen LogP contribution in [0.4, 0.5) is 0 Å². The third-order valence-electron chi connectivity index (χ3n) is 2.44. The molecule has 1 aromatic heterocycles. The van der Waals surface area contributed by atoms with Gasteiger partial charge in [-0.25, -0.2) is 0 Å². The molecule has 0 bridgehead atoms. The molecule has 2 nitrogen and oxygen atoms in total. The molecule has 0 saturated carbocycles. The molecule has 2 rings (SSSR count). The summed E-state index contributed by atoms with van der Waals surface area (Å²) in [6.45, 7) is 4.01. The molecule has 0 spiro atoms. The van der Waals surface area contributed by atoms with Crippen molar-refractivity contribution in [2.75, 3.05) is 0 Å². The molecule has 0 unspecified atom stereocenters. The lowest BCUT2D eigenvalue weighted by atomic mass is 10.1. The zero-order chi connectivity index (χ0) is 10.1. The lowest BCUT2D eigenvalue weighted by Crippen LogP contribution is -2.03. The minimum absolute atomic E-state index is 0.0962. The lowest BCUT2D eigenvalue weighted by molar-refractivity contribution is 1.14. The number of pyridine rings is 1. The van der Waals surface area contributed by atoms with Crippen LogP contribution in [0.15, 0.2) is 29.1 Å². The molecular formula is C12H13NO. The molecule has 2 heteroatoms. The summed E-state index contributed by atoms with van der Waals surface area (Å²) in [7, 11) is 0. The second-order valence-corrected chi connectivity index (χ2v) is 3.55. The molecule has 0 fully saturated rings. The Balaban J connectivity index is 2.82. The van der Waals surface area contributed by atoms with Gasteiger partial charge in [-0.1, -0.05) is 13.0 Å². The van der Waals surface area contributed by atoms with Gasteiger partial charge in [-0.15, -0.1) is 0 Å². The van der Waals surface area contributed by atoms with Gasteiger partial charge in [-0.05, 0) is 31.0 Å². The maximum absolute atomic E-state index is 11.6. The highest BCUT2D eigenvalue weighted by Gasteiger charge is 1.99. The van der Waals surface area contributed by atoms with Crippen LogP contribution in [0.5, 0.6) is 0 Å². The van der Waals surface area contributed by atoms with Crippen molar-refractivity contribution in [3.63, 3.8) is 0 Å². The Morgan fingerprint density at radius 1 is 1.29 bits per heavy atom. The molecule has 14 heavy (non-hydrogen) atoms. The average molecular weight is 187 g/mol. The van der Waals surface area contributed by atoms with E-state index in [-0.39, 0.29) is 5.43 Å². The number of aromatic nitrogens is 1. The fraction of sp³-hybridized carbons (Fsp3) is 0.250. The van der Waals surface area contributed by atoms with Crippen LogP contribution in [0.25, 0.3) is 10.9 Å². The van der Waals surface area contributed by atoms with Crippen LogP contribution in [-0.2, 0) is 6.42 Å². The number of fused-ring (bicyclic) bond motifs is 1. The van der Waals surface area contributed by atoms with E-state index in [2.05, 4.69) is 11.9 Å². The quantitative estimate of drug-likeness (QED) is 0.730. The number of hydrogen-bond acceptors (Lipinski definition) is 1. The highest BCUT2D eigenvalue weighted by molar-refractivity contribution is 5.79. The van der Waals surface area contributed by atoms with Gasteiger partial charge in [0.1, 0.15) is 0 Å². The van der Waals surface area contributed by atoms with E-state index in [1.165, 1.54) is 5.56 Å². The molecule has 0 aliphatic carbocycles. The predicted octanol–water partition coefficient (Wildman–Crippen LogP) is 2.40. The van der Waals surface area contributed by atoms with Crippen LogP contribution in [0, 0.1) is 6.92 Å². The van der Waals surface area contributed by atoms with Crippen LogP contribution >= 0.6 is 0 Å². The van der Waals surface area contributed by atoms with E-state index in [4.69, 9.17) is 0 Å². The largest absolute Gasteiger partial charge is 0.358 e. The molecule has 1 N–H and O–H groups in total. The van der Waals surface area contributed by atoms with Crippen molar-refractivity contribution in [3.8, 4) is 0 Å². The number of benzene rings is 1. The highest BCUT2D eigenvalue weighted by atomic mass is 16.1. The van der Waals surface area contributed by atoms with E-state index in [0.717, 1.165) is 23.0 Å². The number of H-pyrrole nitrogens is 1. The maximum Gasteiger partial charge on any atom is 0.189 e. The summed E-state index contributed by atoms with van der Waals surface area (Å²) in [5.74, 6) is 0. The summed E-state index contributed by atoms with van der Waals surface area (Å²) < 4.78 is 0. The van der Waals surface area contributed by atoms with E-state index >= 15 is 0 Å². The van der Waals surface area contributed by atoms with Crippen LogP contribution in [-0.4, -0.2) is 4.98 Å². The van der Waals surface area contributed by atoms with Gasteiger partial charge in [0.25, 0.3) is 0 Å². The summed E-state index contributed by atoms with van der Waals surface area (Å²) in [6, 6.07) is 7.58. The van der Waals surface area contributed by atoms with Crippen LogP contribution in [0.3, 0.4) is 0 Å². The van der Waals surface area contributed by atoms with Gasteiger partial charge in [0, 0.05) is 22.7 Å². The summed E-state index contributed by atoms with van der Waals surface area (Å²) >= 11 is 0. The molecule has 72 valence electrons. The van der Waals surface area contributed by atoms with Crippen molar-refractivity contribution in [2.45, 2.75) is 20.3 Å². The third-order valence-corrected chi connectivity index (χ3v) is 2.44. The molecule has 0 radical (unpaired) electrons. The average Bonchev–Trinajstić information content (AvgIpc) is 2.16. The zero-order valence-electron chi connectivity index (χ0n) is 8.42. The van der Waals surface area contributed by atoms with Crippen LogP contribution in [0.2, 0.25) is 0 Å². The first-order valence-electron chi connectivity index (χ1n) is 4.83. The maximum atomic E-state index is 11.6. The standard InChI is InChI=1S/C12H13NO/c1-3-9-4-5-10-11(7-9)13-8(2)6-12(10)14/h4-7H,3H2,1-2H3,(H,13,14). The van der Waals surface area contributed by atoms with E-state index in [1.807, 2.05) is 25.1 Å². The third kappa shape index (κ3) is 1.43. The first-order chi connectivity index (χ1) is 6.70. The molecule has 0 aliphatic heterocycles. The molecular weight excluding hydrogens is 174 g/mol. The molecule has 0 amide bonds. The summed E-state index contributed by atoms with van der Waals surface area (Å²) in [5, 5.41) is 0.771. The second kappa shape index (κ2) is 3.29. The van der Waals surface area contributed by atoms with Crippen molar-refractivity contribution in [1.29, 1.82) is 0 Å². The Labute approximate surface area is 82.6 Å². The van der Waals surface area contributed by atoms with Gasteiger partial charge in [0.15, 0.2) is 5.43 Å².